The van der Waals surface area contributed by atoms with Gasteiger partial charge in [0.15, 0.2) is 0 Å². The van der Waals surface area contributed by atoms with E-state index in [1.54, 1.807) is 11.3 Å². The fourth-order valence-corrected chi connectivity index (χ4v) is 2.03. The fraction of sp³-hybridized carbons (Fsp3) is 0.583. The molecule has 0 bridgehead atoms. The van der Waals surface area contributed by atoms with Gasteiger partial charge >= 0.3 is 6.09 Å². The average molecular weight is 271 g/mol. The second-order valence-corrected chi connectivity index (χ2v) is 5.91. The Balaban J connectivity index is 2.09. The highest BCUT2D eigenvalue weighted by molar-refractivity contribution is 7.10. The normalized spacial score (nSPS) is 11.3. The van der Waals surface area contributed by atoms with Crippen LogP contribution in [0.4, 0.5) is 10.5 Å². The van der Waals surface area contributed by atoms with Gasteiger partial charge in [-0.05, 0) is 32.2 Å². The largest absolute Gasteiger partial charge is 0.444 e. The number of hydrogen-bond acceptors (Lipinski definition) is 5. The minimum absolute atomic E-state index is 0.389. The van der Waals surface area contributed by atoms with Gasteiger partial charge < -0.3 is 21.1 Å². The first-order valence-corrected chi connectivity index (χ1v) is 6.76. The van der Waals surface area contributed by atoms with Crippen molar-refractivity contribution in [1.82, 2.24) is 10.6 Å². The third-order valence-corrected chi connectivity index (χ3v) is 2.97. The summed E-state index contributed by atoms with van der Waals surface area (Å²) in [7, 11) is 0. The minimum atomic E-state index is -0.455. The number of carbonyl (C=O) groups is 1. The molecule has 6 heteroatoms. The molecule has 0 aliphatic heterocycles. The summed E-state index contributed by atoms with van der Waals surface area (Å²) in [6.45, 7) is 7.44. The molecular formula is C12H21N3O2S. The van der Waals surface area contributed by atoms with Crippen molar-refractivity contribution in [1.29, 1.82) is 0 Å². The lowest BCUT2D eigenvalue weighted by Crippen LogP contribution is -2.36. The molecular weight excluding hydrogens is 250 g/mol. The van der Waals surface area contributed by atoms with E-state index in [0.29, 0.717) is 13.1 Å². The first-order valence-electron chi connectivity index (χ1n) is 5.88. The van der Waals surface area contributed by atoms with Crippen LogP contribution >= 0.6 is 11.3 Å². The Hall–Kier alpha value is -1.27. The summed E-state index contributed by atoms with van der Waals surface area (Å²) in [4.78, 5) is 12.4. The van der Waals surface area contributed by atoms with Gasteiger partial charge in [0.1, 0.15) is 5.60 Å². The molecule has 0 aliphatic carbocycles. The molecule has 102 valence electrons. The Labute approximate surface area is 112 Å². The number of anilines is 1. The van der Waals surface area contributed by atoms with E-state index in [-0.39, 0.29) is 6.09 Å². The average Bonchev–Trinajstić information content (AvgIpc) is 2.61. The second kappa shape index (κ2) is 6.61. The summed E-state index contributed by atoms with van der Waals surface area (Å²) < 4.78 is 5.11. The van der Waals surface area contributed by atoms with Gasteiger partial charge in [-0.1, -0.05) is 0 Å². The van der Waals surface area contributed by atoms with Crippen LogP contribution < -0.4 is 16.4 Å². The number of hydrogen-bond donors (Lipinski definition) is 3. The Bertz CT molecular complexity index is 385. The quantitative estimate of drug-likeness (QED) is 0.715. The van der Waals surface area contributed by atoms with Gasteiger partial charge in [-0.25, -0.2) is 4.79 Å². The van der Waals surface area contributed by atoms with E-state index in [4.69, 9.17) is 10.5 Å². The zero-order valence-electron chi connectivity index (χ0n) is 11.1. The maximum atomic E-state index is 11.3. The van der Waals surface area contributed by atoms with Crippen LogP contribution in [0.25, 0.3) is 0 Å². The van der Waals surface area contributed by atoms with E-state index >= 15 is 0 Å². The molecule has 1 amide bonds. The van der Waals surface area contributed by atoms with Crippen molar-refractivity contribution in [2.24, 2.45) is 0 Å². The van der Waals surface area contributed by atoms with Crippen LogP contribution in [0.3, 0.4) is 0 Å². The first kappa shape index (κ1) is 14.8. The van der Waals surface area contributed by atoms with Crippen LogP contribution in [0, 0.1) is 0 Å². The molecule has 1 aromatic heterocycles. The Morgan fingerprint density at radius 3 is 2.72 bits per heavy atom. The molecule has 1 heterocycles. The molecule has 0 saturated heterocycles. The lowest BCUT2D eigenvalue weighted by molar-refractivity contribution is 0.0528. The van der Waals surface area contributed by atoms with Gasteiger partial charge in [0.2, 0.25) is 0 Å². The molecule has 0 atom stereocenters. The minimum Gasteiger partial charge on any atom is -0.444 e. The molecule has 5 nitrogen and oxygen atoms in total. The van der Waals surface area contributed by atoms with Crippen LogP contribution in [0.2, 0.25) is 0 Å². The zero-order chi connectivity index (χ0) is 13.6. The van der Waals surface area contributed by atoms with Crippen molar-refractivity contribution in [2.45, 2.75) is 32.9 Å². The van der Waals surface area contributed by atoms with E-state index < -0.39 is 5.60 Å². The summed E-state index contributed by atoms with van der Waals surface area (Å²) in [5.74, 6) is 0. The predicted octanol–water partition coefficient (Wildman–Crippen LogP) is 1.94. The molecule has 0 fully saturated rings. The predicted molar refractivity (Wildman–Crippen MR) is 74.7 cm³/mol. The summed E-state index contributed by atoms with van der Waals surface area (Å²) in [6, 6.07) is 1.89. The van der Waals surface area contributed by atoms with E-state index in [9.17, 15) is 4.79 Å². The lowest BCUT2D eigenvalue weighted by atomic mass is 10.2. The van der Waals surface area contributed by atoms with Crippen LogP contribution in [0.1, 0.15) is 25.6 Å². The number of rotatable bonds is 5. The number of ether oxygens (including phenoxy) is 1. The van der Waals surface area contributed by atoms with E-state index in [1.807, 2.05) is 32.2 Å². The molecule has 18 heavy (non-hydrogen) atoms. The molecule has 0 aliphatic rings. The van der Waals surface area contributed by atoms with Gasteiger partial charge in [-0.2, -0.15) is 0 Å². The number of carbonyl (C=O) groups excluding carboxylic acids is 1. The van der Waals surface area contributed by atoms with Gasteiger partial charge in [-0.15, -0.1) is 11.3 Å². The molecule has 1 aromatic rings. The molecule has 0 unspecified atom stereocenters. The van der Waals surface area contributed by atoms with Gasteiger partial charge in [0.25, 0.3) is 0 Å². The second-order valence-electron chi connectivity index (χ2n) is 4.90. The molecule has 0 radical (unpaired) electrons. The van der Waals surface area contributed by atoms with Crippen molar-refractivity contribution in [3.63, 3.8) is 0 Å². The number of thiophene rings is 1. The van der Waals surface area contributed by atoms with Crippen molar-refractivity contribution in [2.75, 3.05) is 18.8 Å². The highest BCUT2D eigenvalue weighted by atomic mass is 32.1. The highest BCUT2D eigenvalue weighted by Crippen LogP contribution is 2.17. The number of amides is 1. The topological polar surface area (TPSA) is 76.4 Å². The smallest absolute Gasteiger partial charge is 0.407 e. The standard InChI is InChI=1S/C12H21N3O2S/c1-12(2,3)17-11(16)15-6-5-14-8-10-9(13)4-7-18-10/h4,7,14H,5-6,8,13H2,1-3H3,(H,15,16). The summed E-state index contributed by atoms with van der Waals surface area (Å²) in [6.07, 6.45) is -0.389. The Morgan fingerprint density at radius 2 is 2.17 bits per heavy atom. The lowest BCUT2D eigenvalue weighted by Gasteiger charge is -2.19. The fourth-order valence-electron chi connectivity index (χ4n) is 1.26. The van der Waals surface area contributed by atoms with Crippen LogP contribution in [0.15, 0.2) is 11.4 Å². The highest BCUT2D eigenvalue weighted by Gasteiger charge is 2.15. The summed E-state index contributed by atoms with van der Waals surface area (Å²) in [5, 5.41) is 7.85. The monoisotopic (exact) mass is 271 g/mol. The maximum Gasteiger partial charge on any atom is 0.407 e. The van der Waals surface area contributed by atoms with Gasteiger partial charge in [0, 0.05) is 30.2 Å². The SMILES string of the molecule is CC(C)(C)OC(=O)NCCNCc1sccc1N. The van der Waals surface area contributed by atoms with E-state index in [1.165, 1.54) is 0 Å². The van der Waals surface area contributed by atoms with Crippen molar-refractivity contribution >= 4 is 23.1 Å². The van der Waals surface area contributed by atoms with Crippen LogP contribution in [0.5, 0.6) is 0 Å². The Morgan fingerprint density at radius 1 is 1.44 bits per heavy atom. The van der Waals surface area contributed by atoms with Crippen LogP contribution in [-0.2, 0) is 11.3 Å². The van der Waals surface area contributed by atoms with Crippen molar-refractivity contribution in [3.05, 3.63) is 16.3 Å². The molecule has 0 aromatic carbocycles. The van der Waals surface area contributed by atoms with E-state index in [2.05, 4.69) is 10.6 Å². The number of alkyl carbamates (subject to hydrolysis) is 1. The van der Waals surface area contributed by atoms with Crippen molar-refractivity contribution < 1.29 is 9.53 Å². The number of nitrogens with two attached hydrogens (primary N) is 1. The molecule has 1 rings (SSSR count). The third-order valence-electron chi connectivity index (χ3n) is 2.04. The molecule has 4 N–H and O–H groups in total. The van der Waals surface area contributed by atoms with Gasteiger partial charge in [-0.3, -0.25) is 0 Å². The molecule has 0 saturated carbocycles. The number of nitrogens with one attached hydrogen (secondary N) is 2. The third kappa shape index (κ3) is 5.88. The summed E-state index contributed by atoms with van der Waals surface area (Å²) in [5.41, 5.74) is 6.11. The first-order chi connectivity index (χ1) is 8.38. The van der Waals surface area contributed by atoms with E-state index in [0.717, 1.165) is 17.1 Å². The Kier molecular flexibility index (Phi) is 5.43. The van der Waals surface area contributed by atoms with Gasteiger partial charge in [0.05, 0.1) is 0 Å². The molecule has 0 spiro atoms. The zero-order valence-corrected chi connectivity index (χ0v) is 11.9. The maximum absolute atomic E-state index is 11.3. The van der Waals surface area contributed by atoms with Crippen LogP contribution in [-0.4, -0.2) is 24.8 Å². The number of nitrogen functional groups attached to an aromatic ring is 1. The summed E-state index contributed by atoms with van der Waals surface area (Å²) >= 11 is 1.62. The van der Waals surface area contributed by atoms with Crippen molar-refractivity contribution in [3.8, 4) is 0 Å².